The van der Waals surface area contributed by atoms with Crippen LogP contribution in [0.4, 0.5) is 13.2 Å². The molecule has 0 aromatic heterocycles. The maximum absolute atomic E-state index is 14.9. The first kappa shape index (κ1) is 23.4. The van der Waals surface area contributed by atoms with Crippen LogP contribution in [0.15, 0.2) is 36.4 Å². The van der Waals surface area contributed by atoms with E-state index in [1.807, 2.05) is 0 Å². The summed E-state index contributed by atoms with van der Waals surface area (Å²) in [6.07, 6.45) is 15.4. The number of halogens is 3. The number of unbranched alkanes of at least 4 members (excludes halogenated alkanes) is 4. The lowest BCUT2D eigenvalue weighted by Gasteiger charge is -2.42. The SMILES string of the molecule is CCCCCCCC1CCC2CC(c3cc(F)c(-c4ccc(F)cc4)c(F)c3)CCC2C1. The van der Waals surface area contributed by atoms with E-state index < -0.39 is 17.5 Å². The summed E-state index contributed by atoms with van der Waals surface area (Å²) >= 11 is 0. The van der Waals surface area contributed by atoms with Crippen LogP contribution in [0.5, 0.6) is 0 Å². The molecule has 2 aliphatic rings. The predicted octanol–water partition coefficient (Wildman–Crippen LogP) is 9.43. The van der Waals surface area contributed by atoms with Crippen LogP contribution in [-0.4, -0.2) is 0 Å². The van der Waals surface area contributed by atoms with Gasteiger partial charge in [0.05, 0.1) is 5.56 Å². The normalized spacial score (nSPS) is 25.5. The second-order valence-electron chi connectivity index (χ2n) is 10.3. The maximum Gasteiger partial charge on any atom is 0.134 e. The third-order valence-electron chi connectivity index (χ3n) is 8.11. The number of rotatable bonds is 8. The van der Waals surface area contributed by atoms with E-state index in [2.05, 4.69) is 6.92 Å². The van der Waals surface area contributed by atoms with Gasteiger partial charge >= 0.3 is 0 Å². The zero-order valence-electron chi connectivity index (χ0n) is 19.4. The van der Waals surface area contributed by atoms with E-state index in [9.17, 15) is 13.2 Å². The molecular formula is C29H37F3. The minimum atomic E-state index is -0.541. The van der Waals surface area contributed by atoms with Crippen LogP contribution >= 0.6 is 0 Å². The molecule has 0 amide bonds. The highest BCUT2D eigenvalue weighted by Gasteiger charge is 2.36. The topological polar surface area (TPSA) is 0 Å². The van der Waals surface area contributed by atoms with Crippen molar-refractivity contribution in [2.45, 2.75) is 89.9 Å². The van der Waals surface area contributed by atoms with Crippen molar-refractivity contribution >= 4 is 0 Å². The lowest BCUT2D eigenvalue weighted by Crippen LogP contribution is -2.30. The second-order valence-corrected chi connectivity index (χ2v) is 10.3. The van der Waals surface area contributed by atoms with E-state index in [0.29, 0.717) is 11.5 Å². The maximum atomic E-state index is 14.9. The first-order chi connectivity index (χ1) is 15.5. The van der Waals surface area contributed by atoms with E-state index in [1.54, 1.807) is 0 Å². The van der Waals surface area contributed by atoms with Crippen molar-refractivity contribution in [3.8, 4) is 11.1 Å². The van der Waals surface area contributed by atoms with E-state index in [0.717, 1.165) is 30.2 Å². The van der Waals surface area contributed by atoms with Gasteiger partial charge in [0, 0.05) is 0 Å². The van der Waals surface area contributed by atoms with Gasteiger partial charge in [-0.25, -0.2) is 13.2 Å². The fourth-order valence-electron chi connectivity index (χ4n) is 6.31. The second kappa shape index (κ2) is 10.9. The molecule has 0 nitrogen and oxygen atoms in total. The number of benzene rings is 2. The highest BCUT2D eigenvalue weighted by molar-refractivity contribution is 5.65. The molecule has 0 spiro atoms. The molecule has 4 unspecified atom stereocenters. The molecule has 2 aliphatic carbocycles. The highest BCUT2D eigenvalue weighted by atomic mass is 19.1. The summed E-state index contributed by atoms with van der Waals surface area (Å²) in [5.74, 6) is 1.14. The van der Waals surface area contributed by atoms with Gasteiger partial charge in [-0.1, -0.05) is 64.0 Å². The summed E-state index contributed by atoms with van der Waals surface area (Å²) in [7, 11) is 0. The number of hydrogen-bond donors (Lipinski definition) is 0. The van der Waals surface area contributed by atoms with Gasteiger partial charge in [0.2, 0.25) is 0 Å². The Kier molecular flexibility index (Phi) is 7.97. The van der Waals surface area contributed by atoms with Gasteiger partial charge < -0.3 is 0 Å². The van der Waals surface area contributed by atoms with Crippen molar-refractivity contribution < 1.29 is 13.2 Å². The fourth-order valence-corrected chi connectivity index (χ4v) is 6.31. The fraction of sp³-hybridized carbons (Fsp3) is 0.586. The first-order valence-electron chi connectivity index (χ1n) is 12.8. The monoisotopic (exact) mass is 442 g/mol. The summed E-state index contributed by atoms with van der Waals surface area (Å²) < 4.78 is 43.0. The molecule has 2 aromatic rings. The van der Waals surface area contributed by atoms with Crippen LogP contribution in [0.3, 0.4) is 0 Å². The van der Waals surface area contributed by atoms with Crippen molar-refractivity contribution in [2.75, 3.05) is 0 Å². The van der Waals surface area contributed by atoms with E-state index >= 15 is 0 Å². The van der Waals surface area contributed by atoms with Crippen LogP contribution in [-0.2, 0) is 0 Å². The Morgan fingerprint density at radius 1 is 0.750 bits per heavy atom. The zero-order chi connectivity index (χ0) is 22.5. The van der Waals surface area contributed by atoms with Gasteiger partial charge in [0.15, 0.2) is 0 Å². The lowest BCUT2D eigenvalue weighted by molar-refractivity contribution is 0.113. The largest absolute Gasteiger partial charge is 0.207 e. The molecule has 32 heavy (non-hydrogen) atoms. The minimum absolute atomic E-state index is 0.0538. The minimum Gasteiger partial charge on any atom is -0.207 e. The molecule has 0 saturated heterocycles. The molecular weight excluding hydrogens is 405 g/mol. The zero-order valence-corrected chi connectivity index (χ0v) is 19.4. The smallest absolute Gasteiger partial charge is 0.134 e. The van der Waals surface area contributed by atoms with Crippen LogP contribution in [0.2, 0.25) is 0 Å². The predicted molar refractivity (Wildman–Crippen MR) is 126 cm³/mol. The van der Waals surface area contributed by atoms with Crippen LogP contribution in [0, 0.1) is 35.2 Å². The van der Waals surface area contributed by atoms with Gasteiger partial charge in [-0.2, -0.15) is 0 Å². The molecule has 3 heteroatoms. The summed E-state index contributed by atoms with van der Waals surface area (Å²) in [4.78, 5) is 0. The Morgan fingerprint density at radius 2 is 1.41 bits per heavy atom. The molecule has 2 saturated carbocycles. The van der Waals surface area contributed by atoms with Gasteiger partial charge in [-0.05, 0) is 91.2 Å². The van der Waals surface area contributed by atoms with Crippen molar-refractivity contribution in [1.82, 2.24) is 0 Å². The van der Waals surface area contributed by atoms with Gasteiger partial charge in [-0.3, -0.25) is 0 Å². The Labute approximate surface area is 191 Å². The van der Waals surface area contributed by atoms with Crippen molar-refractivity contribution in [2.24, 2.45) is 17.8 Å². The third-order valence-corrected chi connectivity index (χ3v) is 8.11. The molecule has 174 valence electrons. The highest BCUT2D eigenvalue weighted by Crippen LogP contribution is 2.49. The van der Waals surface area contributed by atoms with E-state index in [-0.39, 0.29) is 11.5 Å². The van der Waals surface area contributed by atoms with Crippen molar-refractivity contribution in [3.63, 3.8) is 0 Å². The van der Waals surface area contributed by atoms with Gasteiger partial charge in [0.25, 0.3) is 0 Å². The molecule has 4 rings (SSSR count). The number of hydrogen-bond acceptors (Lipinski definition) is 0. The quantitative estimate of drug-likeness (QED) is 0.357. The third kappa shape index (κ3) is 5.58. The molecule has 0 bridgehead atoms. The summed E-state index contributed by atoms with van der Waals surface area (Å²) in [5, 5.41) is 0. The molecule has 2 aromatic carbocycles. The molecule has 2 fully saturated rings. The molecule has 0 radical (unpaired) electrons. The molecule has 0 aliphatic heterocycles. The van der Waals surface area contributed by atoms with Crippen LogP contribution < -0.4 is 0 Å². The lowest BCUT2D eigenvalue weighted by atomic mass is 9.63. The standard InChI is InChI=1S/C29H37F3/c1-2-3-4-5-6-7-20-8-9-23-17-24(11-10-22(23)16-20)25-18-27(31)29(28(32)19-25)21-12-14-26(30)15-13-21/h12-15,18-20,22-24H,2-11,16-17H2,1H3. The Bertz CT molecular complexity index is 849. The van der Waals surface area contributed by atoms with E-state index in [1.165, 1.54) is 101 Å². The van der Waals surface area contributed by atoms with Crippen molar-refractivity contribution in [3.05, 3.63) is 59.4 Å². The molecule has 0 heterocycles. The van der Waals surface area contributed by atoms with E-state index in [4.69, 9.17) is 0 Å². The molecule has 4 atom stereocenters. The summed E-state index contributed by atoms with van der Waals surface area (Å²) in [6.45, 7) is 2.26. The van der Waals surface area contributed by atoms with Gasteiger partial charge in [0.1, 0.15) is 17.5 Å². The Hall–Kier alpha value is -1.77. The average Bonchev–Trinajstić information content (AvgIpc) is 2.79. The summed E-state index contributed by atoms with van der Waals surface area (Å²) in [6, 6.07) is 8.40. The molecule has 0 N–H and O–H groups in total. The number of fused-ring (bicyclic) bond motifs is 1. The average molecular weight is 443 g/mol. The van der Waals surface area contributed by atoms with Gasteiger partial charge in [-0.15, -0.1) is 0 Å². The van der Waals surface area contributed by atoms with Crippen molar-refractivity contribution in [1.29, 1.82) is 0 Å². The Morgan fingerprint density at radius 3 is 2.12 bits per heavy atom. The first-order valence-corrected chi connectivity index (χ1v) is 12.8. The summed E-state index contributed by atoms with van der Waals surface area (Å²) in [5.41, 5.74) is 1.12. The van der Waals surface area contributed by atoms with Crippen LogP contribution in [0.1, 0.15) is 95.5 Å². The Balaban J connectivity index is 1.35. The van der Waals surface area contributed by atoms with Crippen LogP contribution in [0.25, 0.3) is 11.1 Å².